The number of pyridine rings is 1. The van der Waals surface area contributed by atoms with Gasteiger partial charge in [0.1, 0.15) is 5.82 Å². The maximum Gasteiger partial charge on any atom is 0.417 e. The molecule has 0 aliphatic heterocycles. The standard InChI is InChI=1S/C10H9ClF6N2/c1-5(3-9(12,13)14)19-8-7(11)2-6(4-18-8)10(15,16)17/h2,4-5H,3H2,1H3,(H,18,19). The van der Waals surface area contributed by atoms with Crippen LogP contribution in [0.15, 0.2) is 12.3 Å². The fourth-order valence-corrected chi connectivity index (χ4v) is 1.55. The van der Waals surface area contributed by atoms with E-state index in [0.717, 1.165) is 0 Å². The molecule has 0 aliphatic rings. The second-order valence-corrected chi connectivity index (χ2v) is 4.32. The van der Waals surface area contributed by atoms with Crippen LogP contribution in [0, 0.1) is 0 Å². The van der Waals surface area contributed by atoms with E-state index in [9.17, 15) is 26.3 Å². The minimum absolute atomic E-state index is 0.216. The Kier molecular flexibility index (Phi) is 4.54. The first-order chi connectivity index (χ1) is 8.49. The van der Waals surface area contributed by atoms with E-state index in [1.54, 1.807) is 0 Å². The van der Waals surface area contributed by atoms with Gasteiger partial charge in [-0.25, -0.2) is 4.98 Å². The van der Waals surface area contributed by atoms with Crippen LogP contribution < -0.4 is 5.32 Å². The van der Waals surface area contributed by atoms with E-state index in [-0.39, 0.29) is 10.8 Å². The zero-order valence-corrected chi connectivity index (χ0v) is 10.3. The van der Waals surface area contributed by atoms with E-state index in [4.69, 9.17) is 11.6 Å². The predicted octanol–water partition coefficient (Wildman–Crippen LogP) is 4.51. The minimum Gasteiger partial charge on any atom is -0.366 e. The zero-order chi connectivity index (χ0) is 14.8. The number of hydrogen-bond acceptors (Lipinski definition) is 2. The molecule has 1 unspecified atom stereocenters. The Hall–Kier alpha value is -1.18. The molecule has 0 aromatic carbocycles. The summed E-state index contributed by atoms with van der Waals surface area (Å²) in [4.78, 5) is 3.38. The lowest BCUT2D eigenvalue weighted by atomic mass is 10.2. The molecule has 0 amide bonds. The molecule has 1 aromatic heterocycles. The Labute approximate surface area is 109 Å². The highest BCUT2D eigenvalue weighted by Gasteiger charge is 2.32. The Bertz CT molecular complexity index is 443. The Morgan fingerprint density at radius 3 is 2.26 bits per heavy atom. The Morgan fingerprint density at radius 2 is 1.84 bits per heavy atom. The molecule has 1 heterocycles. The number of hydrogen-bond donors (Lipinski definition) is 1. The quantitative estimate of drug-likeness (QED) is 0.831. The lowest BCUT2D eigenvalue weighted by molar-refractivity contribution is -0.138. The van der Waals surface area contributed by atoms with Crippen molar-refractivity contribution in [3.63, 3.8) is 0 Å². The largest absolute Gasteiger partial charge is 0.417 e. The summed E-state index contributed by atoms with van der Waals surface area (Å²) in [7, 11) is 0. The van der Waals surface area contributed by atoms with Crippen LogP contribution in [-0.4, -0.2) is 17.2 Å². The molecule has 2 nitrogen and oxygen atoms in total. The molecule has 1 N–H and O–H groups in total. The van der Waals surface area contributed by atoms with Gasteiger partial charge in [0, 0.05) is 12.2 Å². The molecule has 0 radical (unpaired) electrons. The summed E-state index contributed by atoms with van der Waals surface area (Å²) in [6, 6.07) is -0.446. The molecule has 19 heavy (non-hydrogen) atoms. The lowest BCUT2D eigenvalue weighted by Gasteiger charge is -2.17. The van der Waals surface area contributed by atoms with Gasteiger partial charge in [-0.3, -0.25) is 0 Å². The first-order valence-corrected chi connectivity index (χ1v) is 5.43. The van der Waals surface area contributed by atoms with Crippen molar-refractivity contribution in [2.75, 3.05) is 5.32 Å². The monoisotopic (exact) mass is 306 g/mol. The highest BCUT2D eigenvalue weighted by atomic mass is 35.5. The number of nitrogens with one attached hydrogen (secondary N) is 1. The molecule has 0 aliphatic carbocycles. The van der Waals surface area contributed by atoms with E-state index in [1.165, 1.54) is 6.92 Å². The summed E-state index contributed by atoms with van der Waals surface area (Å²) in [6.45, 7) is 1.23. The summed E-state index contributed by atoms with van der Waals surface area (Å²) < 4.78 is 73.2. The van der Waals surface area contributed by atoms with E-state index in [2.05, 4.69) is 10.3 Å². The molecule has 0 fully saturated rings. The Balaban J connectivity index is 2.81. The van der Waals surface area contributed by atoms with E-state index < -0.39 is 30.4 Å². The average Bonchev–Trinajstić information content (AvgIpc) is 2.16. The topological polar surface area (TPSA) is 24.9 Å². The second-order valence-electron chi connectivity index (χ2n) is 3.92. The first kappa shape index (κ1) is 15.9. The van der Waals surface area contributed by atoms with Crippen LogP contribution in [0.5, 0.6) is 0 Å². The van der Waals surface area contributed by atoms with Crippen molar-refractivity contribution in [2.24, 2.45) is 0 Å². The third kappa shape index (κ3) is 5.14. The van der Waals surface area contributed by atoms with Gasteiger partial charge in [0.25, 0.3) is 0 Å². The molecular weight excluding hydrogens is 298 g/mol. The van der Waals surface area contributed by atoms with Crippen molar-refractivity contribution in [2.45, 2.75) is 31.7 Å². The highest BCUT2D eigenvalue weighted by molar-refractivity contribution is 6.32. The predicted molar refractivity (Wildman–Crippen MR) is 58.0 cm³/mol. The van der Waals surface area contributed by atoms with Crippen molar-refractivity contribution < 1.29 is 26.3 Å². The van der Waals surface area contributed by atoms with Crippen molar-refractivity contribution in [1.82, 2.24) is 4.98 Å². The van der Waals surface area contributed by atoms with E-state index >= 15 is 0 Å². The van der Waals surface area contributed by atoms with Crippen LogP contribution in [0.3, 0.4) is 0 Å². The van der Waals surface area contributed by atoms with Crippen LogP contribution >= 0.6 is 11.6 Å². The summed E-state index contributed by atoms with van der Waals surface area (Å²) in [5.41, 5.74) is -1.06. The number of aromatic nitrogens is 1. The zero-order valence-electron chi connectivity index (χ0n) is 9.53. The number of alkyl halides is 6. The summed E-state index contributed by atoms with van der Waals surface area (Å²) in [5.74, 6) is -0.216. The van der Waals surface area contributed by atoms with Crippen molar-refractivity contribution in [1.29, 1.82) is 0 Å². The van der Waals surface area contributed by atoms with Gasteiger partial charge >= 0.3 is 12.4 Å². The second kappa shape index (κ2) is 5.44. The van der Waals surface area contributed by atoms with Gasteiger partial charge in [0.05, 0.1) is 17.0 Å². The fraction of sp³-hybridized carbons (Fsp3) is 0.500. The van der Waals surface area contributed by atoms with Gasteiger partial charge in [-0.05, 0) is 13.0 Å². The average molecular weight is 307 g/mol. The number of halogens is 7. The highest BCUT2D eigenvalue weighted by Crippen LogP contribution is 2.33. The molecule has 0 saturated carbocycles. The van der Waals surface area contributed by atoms with Crippen molar-refractivity contribution in [3.05, 3.63) is 22.8 Å². The van der Waals surface area contributed by atoms with Gasteiger partial charge in [-0.2, -0.15) is 26.3 Å². The summed E-state index contributed by atoms with van der Waals surface area (Å²) in [5, 5.41) is 1.93. The molecular formula is C10H9ClF6N2. The maximum absolute atomic E-state index is 12.3. The lowest BCUT2D eigenvalue weighted by Crippen LogP contribution is -2.24. The molecule has 108 valence electrons. The third-order valence-electron chi connectivity index (χ3n) is 2.09. The van der Waals surface area contributed by atoms with E-state index in [0.29, 0.717) is 12.3 Å². The van der Waals surface area contributed by atoms with Crippen molar-refractivity contribution >= 4 is 17.4 Å². The van der Waals surface area contributed by atoms with Gasteiger partial charge in [-0.1, -0.05) is 11.6 Å². The van der Waals surface area contributed by atoms with Crippen LogP contribution in [0.4, 0.5) is 32.2 Å². The van der Waals surface area contributed by atoms with Gasteiger partial charge in [-0.15, -0.1) is 0 Å². The van der Waals surface area contributed by atoms with Gasteiger partial charge < -0.3 is 5.32 Å². The van der Waals surface area contributed by atoms with Crippen LogP contribution in [0.2, 0.25) is 5.02 Å². The van der Waals surface area contributed by atoms with Crippen LogP contribution in [0.25, 0.3) is 0 Å². The van der Waals surface area contributed by atoms with Gasteiger partial charge in [0.15, 0.2) is 0 Å². The Morgan fingerprint density at radius 1 is 1.26 bits per heavy atom. The molecule has 0 saturated heterocycles. The minimum atomic E-state index is -4.60. The fourth-order valence-electron chi connectivity index (χ4n) is 1.33. The third-order valence-corrected chi connectivity index (χ3v) is 2.38. The first-order valence-electron chi connectivity index (χ1n) is 5.05. The number of nitrogens with zero attached hydrogens (tertiary/aromatic N) is 1. The normalized spacial score (nSPS) is 14.3. The molecule has 1 atom stereocenters. The molecule has 0 bridgehead atoms. The van der Waals surface area contributed by atoms with Crippen LogP contribution in [0.1, 0.15) is 18.9 Å². The maximum atomic E-state index is 12.3. The van der Waals surface area contributed by atoms with Crippen LogP contribution in [-0.2, 0) is 6.18 Å². The van der Waals surface area contributed by atoms with Gasteiger partial charge in [0.2, 0.25) is 0 Å². The summed E-state index contributed by atoms with van der Waals surface area (Å²) >= 11 is 5.54. The number of anilines is 1. The van der Waals surface area contributed by atoms with Crippen molar-refractivity contribution in [3.8, 4) is 0 Å². The molecule has 9 heteroatoms. The molecule has 1 aromatic rings. The SMILES string of the molecule is CC(CC(F)(F)F)Nc1ncc(C(F)(F)F)cc1Cl. The summed E-state index contributed by atoms with van der Waals surface area (Å²) in [6.07, 6.45) is -9.63. The number of rotatable bonds is 3. The molecule has 0 spiro atoms. The van der Waals surface area contributed by atoms with E-state index in [1.807, 2.05) is 0 Å². The molecule has 1 rings (SSSR count). The smallest absolute Gasteiger partial charge is 0.366 e.